The molecule has 21 heavy (non-hydrogen) atoms. The van der Waals surface area contributed by atoms with E-state index in [1.54, 1.807) is 12.1 Å². The summed E-state index contributed by atoms with van der Waals surface area (Å²) in [5.41, 5.74) is 3.43. The minimum absolute atomic E-state index is 0.171. The smallest absolute Gasteiger partial charge is 0.236 e. The molecule has 0 radical (unpaired) electrons. The summed E-state index contributed by atoms with van der Waals surface area (Å²) >= 11 is 0. The molecular weight excluding hydrogens is 258 g/mol. The Hall–Kier alpha value is -3.05. The van der Waals surface area contributed by atoms with E-state index in [-0.39, 0.29) is 5.78 Å². The number of carbonyl (C=O) groups excluding carboxylic acids is 1. The van der Waals surface area contributed by atoms with Crippen molar-refractivity contribution in [1.29, 1.82) is 0 Å². The lowest BCUT2D eigenvalue weighted by Crippen LogP contribution is -1.93. The largest absolute Gasteiger partial charge is 0.360 e. The quantitative estimate of drug-likeness (QED) is 0.556. The highest BCUT2D eigenvalue weighted by molar-refractivity contribution is 6.09. The third-order valence-corrected chi connectivity index (χ3v) is 3.16. The second kappa shape index (κ2) is 5.94. The maximum atomic E-state index is 12.0. The third kappa shape index (κ3) is 2.93. The van der Waals surface area contributed by atoms with Gasteiger partial charge in [0.25, 0.3) is 0 Å². The molecule has 3 aromatic rings. The fourth-order valence-electron chi connectivity index (χ4n) is 2.10. The number of ketones is 1. The van der Waals surface area contributed by atoms with Crippen LogP contribution in [0.2, 0.25) is 0 Å². The van der Waals surface area contributed by atoms with Gasteiger partial charge in [0.2, 0.25) is 5.78 Å². The molecule has 0 atom stereocenters. The number of nitrogens with one attached hydrogen (secondary N) is 1. The highest BCUT2D eigenvalue weighted by Crippen LogP contribution is 2.20. The van der Waals surface area contributed by atoms with Crippen molar-refractivity contribution in [3.05, 3.63) is 84.1 Å². The van der Waals surface area contributed by atoms with Gasteiger partial charge in [0.1, 0.15) is 0 Å². The summed E-state index contributed by atoms with van der Waals surface area (Å²) in [6.07, 6.45) is 1.83. The molecular formula is C19H13NO. The fourth-order valence-corrected chi connectivity index (χ4v) is 2.10. The number of H-pyrrole nitrogens is 1. The van der Waals surface area contributed by atoms with E-state index in [4.69, 9.17) is 0 Å². The molecule has 1 N–H and O–H groups in total. The van der Waals surface area contributed by atoms with Crippen LogP contribution in [0, 0.1) is 11.8 Å². The molecule has 0 fully saturated rings. The van der Waals surface area contributed by atoms with E-state index < -0.39 is 0 Å². The number of Topliss-reactive ketones (excluding diaryl/α,β-unsaturated/α-hetero) is 1. The van der Waals surface area contributed by atoms with Crippen LogP contribution in [0.1, 0.15) is 15.9 Å². The van der Waals surface area contributed by atoms with Gasteiger partial charge in [-0.05, 0) is 17.6 Å². The van der Waals surface area contributed by atoms with Crippen LogP contribution >= 0.6 is 0 Å². The van der Waals surface area contributed by atoms with Crippen LogP contribution in [-0.2, 0) is 0 Å². The van der Waals surface area contributed by atoms with Gasteiger partial charge in [-0.2, -0.15) is 0 Å². The molecule has 1 heterocycles. The maximum absolute atomic E-state index is 12.0. The lowest BCUT2D eigenvalue weighted by molar-refractivity contribution is 0.105. The SMILES string of the molecule is O=C(C#Cc1cc[nH]c1-c1ccccc1)c1ccccc1. The molecule has 1 aromatic heterocycles. The molecule has 2 aromatic carbocycles. The minimum atomic E-state index is -0.171. The van der Waals surface area contributed by atoms with Gasteiger partial charge >= 0.3 is 0 Å². The van der Waals surface area contributed by atoms with Crippen molar-refractivity contribution < 1.29 is 4.79 Å². The predicted octanol–water partition coefficient (Wildman–Crippen LogP) is 3.92. The lowest BCUT2D eigenvalue weighted by atomic mass is 10.1. The van der Waals surface area contributed by atoms with Crippen molar-refractivity contribution >= 4 is 5.78 Å². The van der Waals surface area contributed by atoms with E-state index in [1.807, 2.05) is 60.8 Å². The molecule has 0 aliphatic carbocycles. The van der Waals surface area contributed by atoms with E-state index in [2.05, 4.69) is 16.8 Å². The molecule has 0 saturated carbocycles. The standard InChI is InChI=1S/C19H13NO/c21-18(15-7-3-1-4-8-15)12-11-17-13-14-20-19(17)16-9-5-2-6-10-16/h1-10,13-14,20H. The lowest BCUT2D eigenvalue weighted by Gasteiger charge is -1.98. The molecule has 100 valence electrons. The van der Waals surface area contributed by atoms with E-state index in [0.29, 0.717) is 5.56 Å². The first-order valence-corrected chi connectivity index (χ1v) is 6.69. The van der Waals surface area contributed by atoms with E-state index in [0.717, 1.165) is 16.8 Å². The van der Waals surface area contributed by atoms with Crippen LogP contribution in [0.5, 0.6) is 0 Å². The number of rotatable bonds is 2. The summed E-state index contributed by atoms with van der Waals surface area (Å²) in [4.78, 5) is 15.2. The molecule has 0 aliphatic heterocycles. The Bertz CT molecular complexity index is 805. The first kappa shape index (κ1) is 13.0. The fraction of sp³-hybridized carbons (Fsp3) is 0. The summed E-state index contributed by atoms with van der Waals surface area (Å²) < 4.78 is 0. The summed E-state index contributed by atoms with van der Waals surface area (Å²) in [6.45, 7) is 0. The molecule has 0 bridgehead atoms. The van der Waals surface area contributed by atoms with Gasteiger partial charge < -0.3 is 4.98 Å². The van der Waals surface area contributed by atoms with Gasteiger partial charge in [-0.1, -0.05) is 66.6 Å². The van der Waals surface area contributed by atoms with Crippen molar-refractivity contribution in [2.45, 2.75) is 0 Å². The van der Waals surface area contributed by atoms with Crippen molar-refractivity contribution in [1.82, 2.24) is 4.98 Å². The van der Waals surface area contributed by atoms with Crippen LogP contribution in [0.25, 0.3) is 11.3 Å². The van der Waals surface area contributed by atoms with Gasteiger partial charge in [-0.15, -0.1) is 0 Å². The van der Waals surface area contributed by atoms with Crippen LogP contribution in [0.15, 0.2) is 72.9 Å². The topological polar surface area (TPSA) is 32.9 Å². The zero-order valence-corrected chi connectivity index (χ0v) is 11.3. The molecule has 0 unspecified atom stereocenters. The summed E-state index contributed by atoms with van der Waals surface area (Å²) in [5, 5.41) is 0. The second-order valence-electron chi connectivity index (χ2n) is 4.58. The maximum Gasteiger partial charge on any atom is 0.236 e. The number of benzene rings is 2. The number of carbonyl (C=O) groups is 1. The number of hydrogen-bond donors (Lipinski definition) is 1. The number of aromatic amines is 1. The Morgan fingerprint density at radius 1 is 0.857 bits per heavy atom. The van der Waals surface area contributed by atoms with Gasteiger partial charge in [0.15, 0.2) is 0 Å². The summed E-state index contributed by atoms with van der Waals surface area (Å²) in [5.74, 6) is 5.49. The van der Waals surface area contributed by atoms with Gasteiger partial charge in [-0.25, -0.2) is 0 Å². The Morgan fingerprint density at radius 2 is 1.52 bits per heavy atom. The predicted molar refractivity (Wildman–Crippen MR) is 83.9 cm³/mol. The van der Waals surface area contributed by atoms with E-state index in [9.17, 15) is 4.79 Å². The molecule has 0 spiro atoms. The van der Waals surface area contributed by atoms with Crippen LogP contribution in [-0.4, -0.2) is 10.8 Å². The van der Waals surface area contributed by atoms with Crippen LogP contribution in [0.4, 0.5) is 0 Å². The highest BCUT2D eigenvalue weighted by atomic mass is 16.1. The Balaban J connectivity index is 1.90. The first-order valence-electron chi connectivity index (χ1n) is 6.69. The zero-order valence-electron chi connectivity index (χ0n) is 11.3. The second-order valence-corrected chi connectivity index (χ2v) is 4.58. The van der Waals surface area contributed by atoms with Crippen LogP contribution < -0.4 is 0 Å². The zero-order chi connectivity index (χ0) is 14.5. The van der Waals surface area contributed by atoms with Crippen molar-refractivity contribution in [2.75, 3.05) is 0 Å². The van der Waals surface area contributed by atoms with Gasteiger partial charge in [-0.3, -0.25) is 4.79 Å². The minimum Gasteiger partial charge on any atom is -0.360 e. The van der Waals surface area contributed by atoms with Crippen molar-refractivity contribution in [2.24, 2.45) is 0 Å². The summed E-state index contributed by atoms with van der Waals surface area (Å²) in [7, 11) is 0. The molecule has 0 saturated heterocycles. The normalized spacial score (nSPS) is 9.71. The number of hydrogen-bond acceptors (Lipinski definition) is 1. The average Bonchev–Trinajstić information content (AvgIpc) is 3.03. The molecule has 0 amide bonds. The Kier molecular flexibility index (Phi) is 3.66. The third-order valence-electron chi connectivity index (χ3n) is 3.16. The average molecular weight is 271 g/mol. The van der Waals surface area contributed by atoms with Crippen molar-refractivity contribution in [3.63, 3.8) is 0 Å². The molecule has 2 heteroatoms. The van der Waals surface area contributed by atoms with Crippen molar-refractivity contribution in [3.8, 4) is 23.1 Å². The Morgan fingerprint density at radius 3 is 2.24 bits per heavy atom. The van der Waals surface area contributed by atoms with Gasteiger partial charge in [0, 0.05) is 11.8 Å². The van der Waals surface area contributed by atoms with Gasteiger partial charge in [0.05, 0.1) is 11.3 Å². The monoisotopic (exact) mass is 271 g/mol. The first-order chi connectivity index (χ1) is 10.3. The highest BCUT2D eigenvalue weighted by Gasteiger charge is 2.04. The molecule has 3 rings (SSSR count). The summed E-state index contributed by atoms with van der Waals surface area (Å²) in [6, 6.07) is 20.9. The van der Waals surface area contributed by atoms with E-state index >= 15 is 0 Å². The Labute approximate surface area is 123 Å². The molecule has 0 aliphatic rings. The molecule has 2 nitrogen and oxygen atoms in total. The number of aromatic nitrogens is 1. The van der Waals surface area contributed by atoms with Crippen LogP contribution in [0.3, 0.4) is 0 Å². The van der Waals surface area contributed by atoms with E-state index in [1.165, 1.54) is 0 Å².